The van der Waals surface area contributed by atoms with Gasteiger partial charge < -0.3 is 8.83 Å². The van der Waals surface area contributed by atoms with Gasteiger partial charge >= 0.3 is 0 Å². The highest BCUT2D eigenvalue weighted by Crippen LogP contribution is 2.50. The highest BCUT2D eigenvalue weighted by molar-refractivity contribution is 6.17. The van der Waals surface area contributed by atoms with Gasteiger partial charge in [0.1, 0.15) is 22.3 Å². The van der Waals surface area contributed by atoms with Crippen molar-refractivity contribution >= 4 is 43.9 Å². The minimum Gasteiger partial charge on any atom is -0.456 e. The van der Waals surface area contributed by atoms with Crippen LogP contribution in [0.25, 0.3) is 88.4 Å². The van der Waals surface area contributed by atoms with Gasteiger partial charge in [0, 0.05) is 21.5 Å². The van der Waals surface area contributed by atoms with E-state index in [9.17, 15) is 0 Å². The molecule has 1 aliphatic rings. The van der Waals surface area contributed by atoms with Crippen LogP contribution in [-0.2, 0) is 6.42 Å². The molecule has 0 aliphatic heterocycles. The maximum atomic E-state index is 6.68. The number of fused-ring (bicyclic) bond motifs is 9. The van der Waals surface area contributed by atoms with Crippen LogP contribution >= 0.6 is 0 Å². The van der Waals surface area contributed by atoms with E-state index < -0.39 is 0 Å². The van der Waals surface area contributed by atoms with Gasteiger partial charge in [0.15, 0.2) is 0 Å². The zero-order valence-electron chi connectivity index (χ0n) is 24.4. The first-order valence-electron chi connectivity index (χ1n) is 15.5. The molecule has 0 saturated carbocycles. The Kier molecular flexibility index (Phi) is 5.09. The summed E-state index contributed by atoms with van der Waals surface area (Å²) in [6.07, 6.45) is 0.875. The van der Waals surface area contributed by atoms with Gasteiger partial charge in [-0.25, -0.2) is 0 Å². The normalized spacial score (nSPS) is 12.4. The second kappa shape index (κ2) is 9.32. The van der Waals surface area contributed by atoms with Crippen LogP contribution in [0.15, 0.2) is 154 Å². The molecule has 2 nitrogen and oxygen atoms in total. The Morgan fingerprint density at radius 3 is 1.78 bits per heavy atom. The van der Waals surface area contributed by atoms with Crippen LogP contribution < -0.4 is 0 Å². The predicted octanol–water partition coefficient (Wildman–Crippen LogP) is 12.1. The molecular formula is C43H26O2. The summed E-state index contributed by atoms with van der Waals surface area (Å²) in [5.41, 5.74) is 16.1. The number of rotatable bonds is 3. The third-order valence-corrected chi connectivity index (χ3v) is 9.51. The summed E-state index contributed by atoms with van der Waals surface area (Å²) in [6, 6.07) is 52.0. The molecule has 0 bridgehead atoms. The van der Waals surface area contributed by atoms with E-state index in [1.807, 2.05) is 12.1 Å². The summed E-state index contributed by atoms with van der Waals surface area (Å²) in [5.74, 6) is 0. The van der Waals surface area contributed by atoms with Gasteiger partial charge in [-0.05, 0) is 105 Å². The van der Waals surface area contributed by atoms with Crippen molar-refractivity contribution in [3.8, 4) is 44.5 Å². The second-order valence-corrected chi connectivity index (χ2v) is 12.1. The van der Waals surface area contributed by atoms with Gasteiger partial charge in [-0.1, -0.05) is 103 Å². The van der Waals surface area contributed by atoms with E-state index in [1.54, 1.807) is 0 Å². The number of hydrogen-bond donors (Lipinski definition) is 0. The summed E-state index contributed by atoms with van der Waals surface area (Å²) in [4.78, 5) is 0. The minimum absolute atomic E-state index is 0.875. The first kappa shape index (κ1) is 24.6. The fourth-order valence-electron chi connectivity index (χ4n) is 7.40. The lowest BCUT2D eigenvalue weighted by molar-refractivity contribution is 0.669. The van der Waals surface area contributed by atoms with E-state index in [2.05, 4.69) is 133 Å². The van der Waals surface area contributed by atoms with Crippen molar-refractivity contribution in [1.29, 1.82) is 0 Å². The van der Waals surface area contributed by atoms with Crippen LogP contribution in [0, 0.1) is 0 Å². The van der Waals surface area contributed by atoms with Crippen LogP contribution in [0.3, 0.4) is 0 Å². The zero-order valence-corrected chi connectivity index (χ0v) is 24.4. The summed E-state index contributed by atoms with van der Waals surface area (Å²) >= 11 is 0. The molecule has 0 radical (unpaired) electrons. The Balaban J connectivity index is 1.28. The molecule has 2 heterocycles. The van der Waals surface area contributed by atoms with Gasteiger partial charge in [0.2, 0.25) is 0 Å². The Hall–Kier alpha value is -5.86. The van der Waals surface area contributed by atoms with Crippen LogP contribution in [-0.4, -0.2) is 0 Å². The van der Waals surface area contributed by atoms with E-state index >= 15 is 0 Å². The maximum Gasteiger partial charge on any atom is 0.136 e. The standard InChI is InChI=1S/C43H26O2/c1-3-9-26(10-4-1)28-15-16-30-23-36-34(33(30)21-28)25-41-43(37-22-29(17-19-40(37)45-41)27-11-5-2-6-12-27)42(36)31-18-20-39-35(24-31)32-13-7-8-14-38(32)44-39/h1-22,24-25H,23H2. The first-order chi connectivity index (χ1) is 22.3. The molecule has 0 atom stereocenters. The number of hydrogen-bond acceptors (Lipinski definition) is 2. The Labute approximate surface area is 259 Å². The van der Waals surface area contributed by atoms with E-state index in [0.717, 1.165) is 44.9 Å². The third-order valence-electron chi connectivity index (χ3n) is 9.51. The minimum atomic E-state index is 0.875. The van der Waals surface area contributed by atoms with Crippen molar-refractivity contribution in [2.45, 2.75) is 6.42 Å². The molecule has 45 heavy (non-hydrogen) atoms. The molecular weight excluding hydrogens is 548 g/mol. The highest BCUT2D eigenvalue weighted by atomic mass is 16.3. The van der Waals surface area contributed by atoms with Crippen molar-refractivity contribution in [3.05, 3.63) is 157 Å². The lowest BCUT2D eigenvalue weighted by Crippen LogP contribution is -1.90. The van der Waals surface area contributed by atoms with E-state index in [-0.39, 0.29) is 0 Å². The number of furan rings is 2. The zero-order chi connectivity index (χ0) is 29.5. The summed E-state index contributed by atoms with van der Waals surface area (Å²) in [7, 11) is 0. The largest absolute Gasteiger partial charge is 0.456 e. The average molecular weight is 575 g/mol. The van der Waals surface area contributed by atoms with Crippen LogP contribution in [0.4, 0.5) is 0 Å². The van der Waals surface area contributed by atoms with Crippen molar-refractivity contribution in [1.82, 2.24) is 0 Å². The Morgan fingerprint density at radius 1 is 0.378 bits per heavy atom. The van der Waals surface area contributed by atoms with Gasteiger partial charge in [-0.2, -0.15) is 0 Å². The summed E-state index contributed by atoms with van der Waals surface area (Å²) in [5, 5.41) is 4.58. The quantitative estimate of drug-likeness (QED) is 0.210. The molecule has 2 aromatic heterocycles. The van der Waals surface area contributed by atoms with Crippen molar-refractivity contribution in [2.75, 3.05) is 0 Å². The van der Waals surface area contributed by atoms with Crippen LogP contribution in [0.5, 0.6) is 0 Å². The smallest absolute Gasteiger partial charge is 0.136 e. The lowest BCUT2D eigenvalue weighted by atomic mass is 9.90. The molecule has 210 valence electrons. The molecule has 1 aliphatic carbocycles. The second-order valence-electron chi connectivity index (χ2n) is 12.1. The molecule has 0 N–H and O–H groups in total. The van der Waals surface area contributed by atoms with E-state index in [0.29, 0.717) is 0 Å². The molecule has 0 spiro atoms. The van der Waals surface area contributed by atoms with Crippen molar-refractivity contribution in [3.63, 3.8) is 0 Å². The topological polar surface area (TPSA) is 26.3 Å². The highest BCUT2D eigenvalue weighted by Gasteiger charge is 2.27. The fraction of sp³-hybridized carbons (Fsp3) is 0.0233. The third kappa shape index (κ3) is 3.69. The van der Waals surface area contributed by atoms with Gasteiger partial charge in [-0.15, -0.1) is 0 Å². The van der Waals surface area contributed by atoms with Gasteiger partial charge in [0.25, 0.3) is 0 Å². The first-order valence-corrected chi connectivity index (χ1v) is 15.5. The van der Waals surface area contributed by atoms with Crippen LogP contribution in [0.1, 0.15) is 11.1 Å². The van der Waals surface area contributed by atoms with Crippen molar-refractivity contribution < 1.29 is 8.83 Å². The molecule has 2 heteroatoms. The Bertz CT molecular complexity index is 2600. The molecule has 0 amide bonds. The van der Waals surface area contributed by atoms with Crippen molar-refractivity contribution in [2.24, 2.45) is 0 Å². The Morgan fingerprint density at radius 2 is 0.978 bits per heavy atom. The lowest BCUT2D eigenvalue weighted by Gasteiger charge is -2.12. The van der Waals surface area contributed by atoms with Gasteiger partial charge in [0.05, 0.1) is 0 Å². The predicted molar refractivity (Wildman–Crippen MR) is 186 cm³/mol. The molecule has 0 saturated heterocycles. The molecule has 10 rings (SSSR count). The molecule has 9 aromatic rings. The molecule has 7 aromatic carbocycles. The SMILES string of the molecule is c1ccc(-c2ccc3c(c2)-c2cc4oc5ccc(-c6ccccc6)cc5c4c(-c4ccc5oc6ccccc6c5c4)c2C3)cc1. The summed E-state index contributed by atoms with van der Waals surface area (Å²) in [6.45, 7) is 0. The van der Waals surface area contributed by atoms with E-state index in [1.165, 1.54) is 61.0 Å². The number of para-hydroxylation sites is 1. The summed E-state index contributed by atoms with van der Waals surface area (Å²) < 4.78 is 12.9. The maximum absolute atomic E-state index is 6.68. The molecule has 0 unspecified atom stereocenters. The molecule has 0 fully saturated rings. The van der Waals surface area contributed by atoms with Crippen LogP contribution in [0.2, 0.25) is 0 Å². The average Bonchev–Trinajstić information content (AvgIpc) is 3.78. The number of benzene rings is 7. The fourth-order valence-corrected chi connectivity index (χ4v) is 7.40. The monoisotopic (exact) mass is 574 g/mol. The van der Waals surface area contributed by atoms with Gasteiger partial charge in [-0.3, -0.25) is 0 Å². The van der Waals surface area contributed by atoms with E-state index in [4.69, 9.17) is 8.83 Å².